The number of methoxy groups -OCH3 is 1. The number of esters is 1. The van der Waals surface area contributed by atoms with E-state index in [-0.39, 0.29) is 12.2 Å². The molecule has 124 valence electrons. The van der Waals surface area contributed by atoms with E-state index >= 15 is 0 Å². The van der Waals surface area contributed by atoms with Gasteiger partial charge in [-0.1, -0.05) is 77.6 Å². The van der Waals surface area contributed by atoms with Crippen molar-refractivity contribution in [2.24, 2.45) is 0 Å². The van der Waals surface area contributed by atoms with Crippen molar-refractivity contribution < 1.29 is 14.3 Å². The highest BCUT2D eigenvalue weighted by molar-refractivity contribution is 5.95. The first-order valence-electron chi connectivity index (χ1n) is 8.79. The van der Waals surface area contributed by atoms with Crippen LogP contribution in [0.5, 0.6) is 0 Å². The van der Waals surface area contributed by atoms with Crippen LogP contribution >= 0.6 is 0 Å². The Bertz CT molecular complexity index is 261. The van der Waals surface area contributed by atoms with Crippen molar-refractivity contribution in [1.29, 1.82) is 0 Å². The molecule has 0 aromatic rings. The summed E-state index contributed by atoms with van der Waals surface area (Å²) in [6.07, 6.45) is 15.9. The van der Waals surface area contributed by atoms with Gasteiger partial charge in [0.2, 0.25) is 0 Å². The Morgan fingerprint density at radius 3 is 1.57 bits per heavy atom. The fourth-order valence-electron chi connectivity index (χ4n) is 2.48. The van der Waals surface area contributed by atoms with E-state index in [9.17, 15) is 9.59 Å². The van der Waals surface area contributed by atoms with Gasteiger partial charge in [0.1, 0.15) is 12.2 Å². The summed E-state index contributed by atoms with van der Waals surface area (Å²) in [6, 6.07) is 0. The van der Waals surface area contributed by atoms with Crippen molar-refractivity contribution in [1.82, 2.24) is 0 Å². The zero-order valence-electron chi connectivity index (χ0n) is 14.1. The number of ether oxygens (including phenoxy) is 1. The molecular weight excluding hydrogens is 264 g/mol. The molecule has 0 atom stereocenters. The SMILES string of the molecule is CCCCCCCCCCCCCCC(=O)CC(=O)OC. The number of ketones is 1. The summed E-state index contributed by atoms with van der Waals surface area (Å²) in [6.45, 7) is 2.25. The second kappa shape index (κ2) is 15.5. The molecule has 0 saturated heterocycles. The molecule has 3 nitrogen and oxygen atoms in total. The third-order valence-corrected chi connectivity index (χ3v) is 3.88. The van der Waals surface area contributed by atoms with Crippen LogP contribution in [0.3, 0.4) is 0 Å². The minimum atomic E-state index is -0.418. The summed E-state index contributed by atoms with van der Waals surface area (Å²) in [7, 11) is 1.32. The molecule has 0 aliphatic rings. The van der Waals surface area contributed by atoms with Gasteiger partial charge in [0, 0.05) is 6.42 Å². The largest absolute Gasteiger partial charge is 0.469 e. The lowest BCUT2D eigenvalue weighted by molar-refractivity contribution is -0.143. The summed E-state index contributed by atoms with van der Waals surface area (Å²) >= 11 is 0. The van der Waals surface area contributed by atoms with E-state index in [1.54, 1.807) is 0 Å². The van der Waals surface area contributed by atoms with Gasteiger partial charge >= 0.3 is 5.97 Å². The molecule has 0 heterocycles. The summed E-state index contributed by atoms with van der Waals surface area (Å²) in [5.74, 6) is -0.409. The standard InChI is InChI=1S/C18H34O3/c1-3-4-5-6-7-8-9-10-11-12-13-14-15-17(19)16-18(20)21-2/h3-16H2,1-2H3. The fraction of sp³-hybridized carbons (Fsp3) is 0.889. The number of rotatable bonds is 15. The van der Waals surface area contributed by atoms with Gasteiger partial charge in [-0.3, -0.25) is 9.59 Å². The average Bonchev–Trinajstić information content (AvgIpc) is 2.48. The van der Waals surface area contributed by atoms with Crippen LogP contribution < -0.4 is 0 Å². The number of carbonyl (C=O) groups is 2. The highest BCUT2D eigenvalue weighted by atomic mass is 16.5. The number of Topliss-reactive ketones (excluding diaryl/α,β-unsaturated/α-hetero) is 1. The molecule has 0 aromatic carbocycles. The summed E-state index contributed by atoms with van der Waals surface area (Å²) in [5, 5.41) is 0. The van der Waals surface area contributed by atoms with Crippen LogP contribution in [-0.4, -0.2) is 18.9 Å². The molecule has 0 saturated carbocycles. The normalized spacial score (nSPS) is 10.6. The highest BCUT2D eigenvalue weighted by Crippen LogP contribution is 2.12. The zero-order valence-corrected chi connectivity index (χ0v) is 14.1. The maximum Gasteiger partial charge on any atom is 0.313 e. The predicted octanol–water partition coefficient (Wildman–Crippen LogP) is 5.21. The Kier molecular flexibility index (Phi) is 14.9. The Hall–Kier alpha value is -0.860. The first-order chi connectivity index (χ1) is 10.2. The van der Waals surface area contributed by atoms with Crippen LogP contribution in [0.4, 0.5) is 0 Å². The monoisotopic (exact) mass is 298 g/mol. The maximum absolute atomic E-state index is 11.4. The molecule has 0 radical (unpaired) electrons. The van der Waals surface area contributed by atoms with E-state index < -0.39 is 5.97 Å². The van der Waals surface area contributed by atoms with Gasteiger partial charge in [-0.15, -0.1) is 0 Å². The minimum absolute atomic E-state index is 0.00827. The van der Waals surface area contributed by atoms with Gasteiger partial charge in [0.05, 0.1) is 7.11 Å². The Balaban J connectivity index is 3.15. The lowest BCUT2D eigenvalue weighted by atomic mass is 10.0. The third-order valence-electron chi connectivity index (χ3n) is 3.88. The molecule has 0 aromatic heterocycles. The zero-order chi connectivity index (χ0) is 15.8. The number of hydrogen-bond donors (Lipinski definition) is 0. The van der Waals surface area contributed by atoms with Crippen LogP contribution in [0, 0.1) is 0 Å². The maximum atomic E-state index is 11.4. The van der Waals surface area contributed by atoms with E-state index in [0.717, 1.165) is 12.8 Å². The molecule has 0 bridgehead atoms. The van der Waals surface area contributed by atoms with Gasteiger partial charge < -0.3 is 4.74 Å². The molecule has 0 rings (SSSR count). The minimum Gasteiger partial charge on any atom is -0.469 e. The molecular formula is C18H34O3. The van der Waals surface area contributed by atoms with Crippen LogP contribution in [0.25, 0.3) is 0 Å². The van der Waals surface area contributed by atoms with Gasteiger partial charge in [-0.2, -0.15) is 0 Å². The van der Waals surface area contributed by atoms with E-state index in [1.165, 1.54) is 71.3 Å². The van der Waals surface area contributed by atoms with Crippen molar-refractivity contribution in [3.63, 3.8) is 0 Å². The first-order valence-corrected chi connectivity index (χ1v) is 8.79. The van der Waals surface area contributed by atoms with Crippen molar-refractivity contribution in [2.75, 3.05) is 7.11 Å². The third kappa shape index (κ3) is 15.3. The summed E-state index contributed by atoms with van der Waals surface area (Å²) < 4.78 is 4.47. The second-order valence-electron chi connectivity index (χ2n) is 5.93. The van der Waals surface area contributed by atoms with Gasteiger partial charge in [0.15, 0.2) is 0 Å². The first kappa shape index (κ1) is 20.1. The van der Waals surface area contributed by atoms with Crippen molar-refractivity contribution >= 4 is 11.8 Å². The average molecular weight is 298 g/mol. The van der Waals surface area contributed by atoms with E-state index in [4.69, 9.17) is 0 Å². The molecule has 0 unspecified atom stereocenters. The molecule has 0 amide bonds. The van der Waals surface area contributed by atoms with E-state index in [2.05, 4.69) is 11.7 Å². The van der Waals surface area contributed by atoms with E-state index in [1.807, 2.05) is 0 Å². The molecule has 0 aliphatic heterocycles. The van der Waals surface area contributed by atoms with Crippen LogP contribution in [0.2, 0.25) is 0 Å². The van der Waals surface area contributed by atoms with E-state index in [0.29, 0.717) is 6.42 Å². The van der Waals surface area contributed by atoms with Crippen molar-refractivity contribution in [3.05, 3.63) is 0 Å². The highest BCUT2D eigenvalue weighted by Gasteiger charge is 2.08. The molecule has 0 fully saturated rings. The van der Waals surface area contributed by atoms with Crippen molar-refractivity contribution in [3.8, 4) is 0 Å². The quantitative estimate of drug-likeness (QED) is 0.237. The Morgan fingerprint density at radius 1 is 0.714 bits per heavy atom. The molecule has 21 heavy (non-hydrogen) atoms. The summed E-state index contributed by atoms with van der Waals surface area (Å²) in [5.41, 5.74) is 0. The summed E-state index contributed by atoms with van der Waals surface area (Å²) in [4.78, 5) is 22.3. The molecule has 0 N–H and O–H groups in total. The number of unbranched alkanes of at least 4 members (excludes halogenated alkanes) is 11. The smallest absolute Gasteiger partial charge is 0.313 e. The lowest BCUT2D eigenvalue weighted by Gasteiger charge is -2.03. The Labute approximate surface area is 130 Å². The van der Waals surface area contributed by atoms with Gasteiger partial charge in [0.25, 0.3) is 0 Å². The fourth-order valence-corrected chi connectivity index (χ4v) is 2.48. The van der Waals surface area contributed by atoms with Crippen molar-refractivity contribution in [2.45, 2.75) is 96.8 Å². The predicted molar refractivity (Wildman–Crippen MR) is 87.3 cm³/mol. The second-order valence-corrected chi connectivity index (χ2v) is 5.93. The molecule has 0 spiro atoms. The van der Waals surface area contributed by atoms with Crippen LogP contribution in [0.1, 0.15) is 96.8 Å². The van der Waals surface area contributed by atoms with Crippen LogP contribution in [0.15, 0.2) is 0 Å². The number of hydrogen-bond acceptors (Lipinski definition) is 3. The topological polar surface area (TPSA) is 43.4 Å². The lowest BCUT2D eigenvalue weighted by Crippen LogP contribution is -2.08. The molecule has 3 heteroatoms. The van der Waals surface area contributed by atoms with Gasteiger partial charge in [-0.05, 0) is 6.42 Å². The Morgan fingerprint density at radius 2 is 1.14 bits per heavy atom. The number of carbonyl (C=O) groups excluding carboxylic acids is 2. The molecule has 0 aliphatic carbocycles. The van der Waals surface area contributed by atoms with Crippen LogP contribution in [-0.2, 0) is 14.3 Å². The van der Waals surface area contributed by atoms with Gasteiger partial charge in [-0.25, -0.2) is 0 Å².